The van der Waals surface area contributed by atoms with Crippen molar-refractivity contribution < 1.29 is 4.39 Å². The Labute approximate surface area is 101 Å². The van der Waals surface area contributed by atoms with E-state index in [1.165, 1.54) is 24.5 Å². The zero-order valence-corrected chi connectivity index (χ0v) is 9.91. The van der Waals surface area contributed by atoms with Gasteiger partial charge in [-0.2, -0.15) is 5.26 Å². The summed E-state index contributed by atoms with van der Waals surface area (Å²) in [7, 11) is 0. The van der Waals surface area contributed by atoms with Crippen LogP contribution < -0.4 is 5.73 Å². The molecule has 0 aliphatic carbocycles. The largest absolute Gasteiger partial charge is 0.404 e. The van der Waals surface area contributed by atoms with Crippen molar-refractivity contribution in [2.24, 2.45) is 10.7 Å². The second-order valence-corrected chi connectivity index (χ2v) is 3.88. The molecule has 1 aromatic rings. The van der Waals surface area contributed by atoms with Gasteiger partial charge in [0.25, 0.3) is 0 Å². The summed E-state index contributed by atoms with van der Waals surface area (Å²) in [5.74, 6) is -0.375. The van der Waals surface area contributed by atoms with Gasteiger partial charge in [0.2, 0.25) is 0 Å². The summed E-state index contributed by atoms with van der Waals surface area (Å²) >= 11 is 3.16. The van der Waals surface area contributed by atoms with Crippen LogP contribution in [0.25, 0.3) is 0 Å². The predicted molar refractivity (Wildman–Crippen MR) is 64.8 cm³/mol. The zero-order chi connectivity index (χ0) is 12.0. The second-order valence-electron chi connectivity index (χ2n) is 2.96. The van der Waals surface area contributed by atoms with Crippen molar-refractivity contribution in [3.05, 3.63) is 40.3 Å². The van der Waals surface area contributed by atoms with Gasteiger partial charge in [0.05, 0.1) is 18.2 Å². The molecule has 0 unspecified atom stereocenters. The Morgan fingerprint density at radius 3 is 2.88 bits per heavy atom. The van der Waals surface area contributed by atoms with Crippen molar-refractivity contribution in [1.82, 2.24) is 0 Å². The van der Waals surface area contributed by atoms with E-state index in [1.807, 2.05) is 6.07 Å². The lowest BCUT2D eigenvalue weighted by Crippen LogP contribution is -1.89. The Balaban J connectivity index is 2.88. The van der Waals surface area contributed by atoms with Gasteiger partial charge in [0.1, 0.15) is 5.82 Å². The third-order valence-corrected chi connectivity index (χ3v) is 2.18. The highest BCUT2D eigenvalue weighted by atomic mass is 79.9. The number of nitrogens with two attached hydrogens (primary N) is 1. The van der Waals surface area contributed by atoms with Gasteiger partial charge in [-0.25, -0.2) is 4.39 Å². The Hall–Kier alpha value is -1.67. The molecule has 1 rings (SSSR count). The molecule has 2 N–H and O–H groups in total. The maximum atomic E-state index is 13.0. The van der Waals surface area contributed by atoms with Gasteiger partial charge in [0.15, 0.2) is 0 Å². The van der Waals surface area contributed by atoms with Crippen LogP contribution >= 0.6 is 15.9 Å². The monoisotopic (exact) mass is 281 g/mol. The van der Waals surface area contributed by atoms with Crippen molar-refractivity contribution in [3.63, 3.8) is 0 Å². The second kappa shape index (κ2) is 6.03. The first-order valence-electron chi connectivity index (χ1n) is 4.43. The fourth-order valence-corrected chi connectivity index (χ4v) is 1.46. The molecule has 0 bridgehead atoms. The van der Waals surface area contributed by atoms with Crippen LogP contribution in [0.2, 0.25) is 0 Å². The highest BCUT2D eigenvalue weighted by Crippen LogP contribution is 2.20. The molecule has 0 fully saturated rings. The van der Waals surface area contributed by atoms with Crippen LogP contribution in [0.15, 0.2) is 39.4 Å². The van der Waals surface area contributed by atoms with E-state index >= 15 is 0 Å². The molecule has 0 saturated carbocycles. The van der Waals surface area contributed by atoms with E-state index in [0.717, 1.165) is 0 Å². The van der Waals surface area contributed by atoms with E-state index in [9.17, 15) is 4.39 Å². The molecule has 0 aromatic heterocycles. The van der Waals surface area contributed by atoms with E-state index in [-0.39, 0.29) is 12.2 Å². The van der Waals surface area contributed by atoms with Crippen LogP contribution in [0.3, 0.4) is 0 Å². The van der Waals surface area contributed by atoms with E-state index in [1.54, 1.807) is 6.07 Å². The number of hydrogen-bond donors (Lipinski definition) is 1. The molecule has 16 heavy (non-hydrogen) atoms. The average molecular weight is 282 g/mol. The van der Waals surface area contributed by atoms with Crippen LogP contribution in [-0.4, -0.2) is 6.21 Å². The van der Waals surface area contributed by atoms with Crippen LogP contribution in [0.1, 0.15) is 6.42 Å². The van der Waals surface area contributed by atoms with Gasteiger partial charge in [-0.15, -0.1) is 0 Å². The van der Waals surface area contributed by atoms with Crippen molar-refractivity contribution in [2.75, 3.05) is 0 Å². The van der Waals surface area contributed by atoms with Crippen LogP contribution in [0.5, 0.6) is 0 Å². The molecule has 0 heterocycles. The molecule has 82 valence electrons. The molecule has 5 heteroatoms. The third kappa shape index (κ3) is 3.83. The van der Waals surface area contributed by atoms with Gasteiger partial charge in [-0.1, -0.05) is 15.9 Å². The number of hydrogen-bond acceptors (Lipinski definition) is 3. The van der Waals surface area contributed by atoms with Crippen LogP contribution in [0.4, 0.5) is 10.1 Å². The molecule has 0 radical (unpaired) electrons. The fraction of sp³-hybridized carbons (Fsp3) is 0.0909. The van der Waals surface area contributed by atoms with Gasteiger partial charge in [-0.05, 0) is 30.0 Å². The average Bonchev–Trinajstić information content (AvgIpc) is 2.23. The number of halogens is 2. The number of allylic oxidation sites excluding steroid dienone is 1. The Bertz CT molecular complexity index is 454. The number of nitriles is 1. The molecular formula is C11H9BrFN3. The highest BCUT2D eigenvalue weighted by Gasteiger charge is 1.97. The van der Waals surface area contributed by atoms with Gasteiger partial charge in [0, 0.05) is 10.7 Å². The maximum absolute atomic E-state index is 13.0. The van der Waals surface area contributed by atoms with Crippen molar-refractivity contribution >= 4 is 27.8 Å². The normalized spacial score (nSPS) is 11.7. The molecule has 3 nitrogen and oxygen atoms in total. The molecule has 0 saturated heterocycles. The van der Waals surface area contributed by atoms with E-state index in [2.05, 4.69) is 20.9 Å². The number of aliphatic imine (C=N–C) groups is 1. The summed E-state index contributed by atoms with van der Waals surface area (Å²) in [5.41, 5.74) is 6.34. The first kappa shape index (κ1) is 12.4. The standard InChI is InChI=1S/C11H9BrFN3/c12-9-3-10(13)5-11(4-9)16-7-8(6-15)1-2-14/h3-7H,1,15H2/b8-6-,16-7?. The summed E-state index contributed by atoms with van der Waals surface area (Å²) < 4.78 is 13.6. The minimum atomic E-state index is -0.375. The summed E-state index contributed by atoms with van der Waals surface area (Å²) in [4.78, 5) is 4.02. The van der Waals surface area contributed by atoms with E-state index in [0.29, 0.717) is 15.7 Å². The zero-order valence-electron chi connectivity index (χ0n) is 8.32. The van der Waals surface area contributed by atoms with Crippen LogP contribution in [-0.2, 0) is 0 Å². The summed E-state index contributed by atoms with van der Waals surface area (Å²) in [6.45, 7) is 0. The topological polar surface area (TPSA) is 62.2 Å². The SMILES string of the molecule is N#CC/C(C=Nc1cc(F)cc(Br)c1)=C/N. The molecule has 0 aliphatic heterocycles. The van der Waals surface area contributed by atoms with Crippen molar-refractivity contribution in [1.29, 1.82) is 5.26 Å². The van der Waals surface area contributed by atoms with Crippen LogP contribution in [0, 0.1) is 17.1 Å². The summed E-state index contributed by atoms with van der Waals surface area (Å²) in [6, 6.07) is 6.26. The lowest BCUT2D eigenvalue weighted by atomic mass is 10.2. The van der Waals surface area contributed by atoms with E-state index < -0.39 is 0 Å². The lowest BCUT2D eigenvalue weighted by Gasteiger charge is -1.97. The third-order valence-electron chi connectivity index (χ3n) is 1.72. The van der Waals surface area contributed by atoms with Gasteiger partial charge < -0.3 is 5.73 Å². The summed E-state index contributed by atoms with van der Waals surface area (Å²) in [6.07, 6.45) is 2.93. The first-order chi connectivity index (χ1) is 7.65. The highest BCUT2D eigenvalue weighted by molar-refractivity contribution is 9.10. The number of benzene rings is 1. The van der Waals surface area contributed by atoms with Gasteiger partial charge in [-0.3, -0.25) is 4.99 Å². The quantitative estimate of drug-likeness (QED) is 0.866. The number of nitrogens with zero attached hydrogens (tertiary/aromatic N) is 2. The predicted octanol–water partition coefficient (Wildman–Crippen LogP) is 3.05. The van der Waals surface area contributed by atoms with Gasteiger partial charge >= 0.3 is 0 Å². The molecular weight excluding hydrogens is 273 g/mol. The minimum absolute atomic E-state index is 0.177. The lowest BCUT2D eigenvalue weighted by molar-refractivity contribution is 0.627. The smallest absolute Gasteiger partial charge is 0.126 e. The van der Waals surface area contributed by atoms with Crippen molar-refractivity contribution in [2.45, 2.75) is 6.42 Å². The molecule has 0 aliphatic rings. The Morgan fingerprint density at radius 2 is 2.31 bits per heavy atom. The van der Waals surface area contributed by atoms with Crippen molar-refractivity contribution in [3.8, 4) is 6.07 Å². The number of rotatable bonds is 3. The molecule has 0 spiro atoms. The Morgan fingerprint density at radius 1 is 1.56 bits per heavy atom. The fourth-order valence-electron chi connectivity index (χ4n) is 1.01. The molecule has 1 aromatic carbocycles. The van der Waals surface area contributed by atoms with E-state index in [4.69, 9.17) is 11.0 Å². The summed E-state index contributed by atoms with van der Waals surface area (Å²) in [5, 5.41) is 8.48. The Kier molecular flexibility index (Phi) is 4.67. The first-order valence-corrected chi connectivity index (χ1v) is 5.23. The maximum Gasteiger partial charge on any atom is 0.126 e. The minimum Gasteiger partial charge on any atom is -0.404 e. The molecule has 0 atom stereocenters. The molecule has 0 amide bonds.